The molecule has 3 rings (SSSR count). The third kappa shape index (κ3) is 5.65. The van der Waals surface area contributed by atoms with Gasteiger partial charge in [-0.3, -0.25) is 4.79 Å². The Hall–Kier alpha value is -2.40. The highest BCUT2D eigenvalue weighted by atomic mass is 32.1. The van der Waals surface area contributed by atoms with Crippen molar-refractivity contribution in [1.82, 2.24) is 0 Å². The van der Waals surface area contributed by atoms with Crippen LogP contribution in [0.15, 0.2) is 30.3 Å². The van der Waals surface area contributed by atoms with E-state index in [2.05, 4.69) is 45.1 Å². The maximum atomic E-state index is 12.6. The second-order valence-corrected chi connectivity index (χ2v) is 10.2. The molecule has 1 amide bonds. The molecule has 0 saturated heterocycles. The number of benzene rings is 1. The minimum Gasteiger partial charge on any atom is -0.462 e. The van der Waals surface area contributed by atoms with Crippen LogP contribution in [0.2, 0.25) is 0 Å². The van der Waals surface area contributed by atoms with Crippen LogP contribution in [-0.2, 0) is 27.8 Å². The van der Waals surface area contributed by atoms with Gasteiger partial charge in [0.1, 0.15) is 5.00 Å². The summed E-state index contributed by atoms with van der Waals surface area (Å²) in [6.45, 7) is 10.9. The zero-order chi connectivity index (χ0) is 22.6. The lowest BCUT2D eigenvalue weighted by atomic mass is 9.85. The van der Waals surface area contributed by atoms with Gasteiger partial charge >= 0.3 is 5.97 Å². The molecule has 1 unspecified atom stereocenters. The third-order valence-corrected chi connectivity index (χ3v) is 7.03. The van der Waals surface area contributed by atoms with Crippen LogP contribution >= 0.6 is 11.3 Å². The number of hydrogen-bond acceptors (Lipinski definition) is 4. The van der Waals surface area contributed by atoms with Crippen molar-refractivity contribution in [3.05, 3.63) is 57.5 Å². The van der Waals surface area contributed by atoms with Crippen molar-refractivity contribution in [3.8, 4) is 0 Å². The van der Waals surface area contributed by atoms with Gasteiger partial charge in [0, 0.05) is 11.0 Å². The van der Waals surface area contributed by atoms with Crippen molar-refractivity contribution in [2.45, 2.75) is 65.7 Å². The van der Waals surface area contributed by atoms with E-state index in [0.717, 1.165) is 36.8 Å². The summed E-state index contributed by atoms with van der Waals surface area (Å²) in [5, 5.41) is 3.55. The number of carbonyl (C=O) groups is 2. The Morgan fingerprint density at radius 3 is 2.52 bits per heavy atom. The highest BCUT2D eigenvalue weighted by Gasteiger charge is 2.29. The number of hydrogen-bond donors (Lipinski definition) is 1. The molecule has 1 aliphatic carbocycles. The van der Waals surface area contributed by atoms with Gasteiger partial charge in [-0.15, -0.1) is 11.3 Å². The minimum absolute atomic E-state index is 0.0954. The van der Waals surface area contributed by atoms with E-state index in [4.69, 9.17) is 4.74 Å². The van der Waals surface area contributed by atoms with Gasteiger partial charge in [0.15, 0.2) is 0 Å². The Labute approximate surface area is 189 Å². The summed E-state index contributed by atoms with van der Waals surface area (Å²) in [7, 11) is 0. The van der Waals surface area contributed by atoms with E-state index in [-0.39, 0.29) is 17.3 Å². The van der Waals surface area contributed by atoms with Crippen LogP contribution in [0.25, 0.3) is 6.08 Å². The average Bonchev–Trinajstić information content (AvgIpc) is 3.08. The highest BCUT2D eigenvalue weighted by Crippen LogP contribution is 2.40. The molecule has 1 atom stereocenters. The number of thiophene rings is 1. The van der Waals surface area contributed by atoms with E-state index in [1.165, 1.54) is 27.9 Å². The maximum Gasteiger partial charge on any atom is 0.341 e. The van der Waals surface area contributed by atoms with Gasteiger partial charge in [0.2, 0.25) is 5.91 Å². The van der Waals surface area contributed by atoms with Gasteiger partial charge in [0.25, 0.3) is 0 Å². The molecule has 31 heavy (non-hydrogen) atoms. The molecule has 5 heteroatoms. The lowest BCUT2D eigenvalue weighted by Crippen LogP contribution is -2.16. The van der Waals surface area contributed by atoms with Crippen LogP contribution in [-0.4, -0.2) is 18.5 Å². The molecule has 1 aromatic heterocycles. The lowest BCUT2D eigenvalue weighted by molar-refractivity contribution is -0.111. The molecule has 166 valence electrons. The first-order valence-corrected chi connectivity index (χ1v) is 12.0. The fourth-order valence-corrected chi connectivity index (χ4v) is 5.28. The highest BCUT2D eigenvalue weighted by molar-refractivity contribution is 7.17. The Morgan fingerprint density at radius 2 is 1.90 bits per heavy atom. The normalized spacial score (nSPS) is 16.2. The second kappa shape index (κ2) is 9.82. The standard InChI is InChI=1S/C26H33NO3S/c1-6-17-10-14-20-21(16-17)31-24(23(20)25(29)30-7-2)27-22(28)15-11-18-8-12-19(13-9-18)26(3,4)5/h8-9,11-13,15,17H,6-7,10,14,16H2,1-5H3,(H,27,28). The van der Waals surface area contributed by atoms with Gasteiger partial charge in [-0.1, -0.05) is 58.4 Å². The fraction of sp³-hybridized carbons (Fsp3) is 0.462. The number of nitrogens with one attached hydrogen (secondary N) is 1. The van der Waals surface area contributed by atoms with Gasteiger partial charge < -0.3 is 10.1 Å². The van der Waals surface area contributed by atoms with Crippen LogP contribution in [0.3, 0.4) is 0 Å². The van der Waals surface area contributed by atoms with Crippen LogP contribution in [0, 0.1) is 5.92 Å². The summed E-state index contributed by atoms with van der Waals surface area (Å²) in [5.74, 6) is 0.0591. The Bertz CT molecular complexity index is 964. The van der Waals surface area contributed by atoms with Crippen LogP contribution in [0.1, 0.15) is 79.4 Å². The summed E-state index contributed by atoms with van der Waals surface area (Å²) in [4.78, 5) is 26.5. The molecule has 0 aliphatic heterocycles. The molecule has 1 aliphatic rings. The van der Waals surface area contributed by atoms with Gasteiger partial charge in [0.05, 0.1) is 12.2 Å². The van der Waals surface area contributed by atoms with E-state index in [1.807, 2.05) is 12.1 Å². The molecule has 0 fully saturated rings. The Morgan fingerprint density at radius 1 is 1.19 bits per heavy atom. The molecule has 0 radical (unpaired) electrons. The largest absolute Gasteiger partial charge is 0.462 e. The van der Waals surface area contributed by atoms with Crippen molar-refractivity contribution < 1.29 is 14.3 Å². The van der Waals surface area contributed by atoms with E-state index in [9.17, 15) is 9.59 Å². The van der Waals surface area contributed by atoms with Gasteiger partial charge in [-0.05, 0) is 60.3 Å². The van der Waals surface area contributed by atoms with Crippen molar-refractivity contribution in [2.75, 3.05) is 11.9 Å². The van der Waals surface area contributed by atoms with E-state index in [0.29, 0.717) is 23.1 Å². The summed E-state index contributed by atoms with van der Waals surface area (Å²) >= 11 is 1.52. The number of fused-ring (bicyclic) bond motifs is 1. The molecule has 2 aromatic rings. The zero-order valence-electron chi connectivity index (χ0n) is 19.2. The molecular formula is C26H33NO3S. The summed E-state index contributed by atoms with van der Waals surface area (Å²) in [5.41, 5.74) is 3.92. The molecule has 1 heterocycles. The van der Waals surface area contributed by atoms with Crippen molar-refractivity contribution in [1.29, 1.82) is 0 Å². The smallest absolute Gasteiger partial charge is 0.341 e. The molecule has 0 spiro atoms. The van der Waals surface area contributed by atoms with E-state index in [1.54, 1.807) is 13.0 Å². The van der Waals surface area contributed by atoms with Gasteiger partial charge in [-0.25, -0.2) is 4.79 Å². The zero-order valence-corrected chi connectivity index (χ0v) is 20.0. The van der Waals surface area contributed by atoms with Crippen LogP contribution in [0.4, 0.5) is 5.00 Å². The first-order chi connectivity index (χ1) is 14.7. The first kappa shape index (κ1) is 23.3. The number of carbonyl (C=O) groups excluding carboxylic acids is 2. The quantitative estimate of drug-likeness (QED) is 0.419. The topological polar surface area (TPSA) is 55.4 Å². The summed E-state index contributed by atoms with van der Waals surface area (Å²) in [6, 6.07) is 8.22. The molecular weight excluding hydrogens is 406 g/mol. The number of esters is 1. The Kier molecular flexibility index (Phi) is 7.37. The van der Waals surface area contributed by atoms with Crippen molar-refractivity contribution in [2.24, 2.45) is 5.92 Å². The van der Waals surface area contributed by atoms with Crippen molar-refractivity contribution >= 4 is 34.3 Å². The number of ether oxygens (including phenoxy) is 1. The predicted octanol–water partition coefficient (Wildman–Crippen LogP) is 6.39. The van der Waals surface area contributed by atoms with E-state index >= 15 is 0 Å². The average molecular weight is 440 g/mol. The number of amides is 1. The monoisotopic (exact) mass is 439 g/mol. The van der Waals surface area contributed by atoms with Gasteiger partial charge in [-0.2, -0.15) is 0 Å². The van der Waals surface area contributed by atoms with Crippen LogP contribution in [0.5, 0.6) is 0 Å². The number of anilines is 1. The molecule has 1 aromatic carbocycles. The maximum absolute atomic E-state index is 12.6. The third-order valence-electron chi connectivity index (χ3n) is 5.86. The lowest BCUT2D eigenvalue weighted by Gasteiger charge is -2.20. The minimum atomic E-state index is -0.341. The SMILES string of the molecule is CCOC(=O)c1c(NC(=O)C=Cc2ccc(C(C)(C)C)cc2)sc2c1CCC(CC)C2. The van der Waals surface area contributed by atoms with Crippen LogP contribution < -0.4 is 5.32 Å². The predicted molar refractivity (Wildman–Crippen MR) is 129 cm³/mol. The second-order valence-electron chi connectivity index (χ2n) is 9.14. The first-order valence-electron chi connectivity index (χ1n) is 11.1. The fourth-order valence-electron chi connectivity index (χ4n) is 3.93. The molecule has 0 bridgehead atoms. The van der Waals surface area contributed by atoms with Crippen molar-refractivity contribution in [3.63, 3.8) is 0 Å². The summed E-state index contributed by atoms with van der Waals surface area (Å²) < 4.78 is 5.29. The molecule has 1 N–H and O–H groups in total. The van der Waals surface area contributed by atoms with E-state index < -0.39 is 0 Å². The summed E-state index contributed by atoms with van der Waals surface area (Å²) in [6.07, 6.45) is 7.36. The Balaban J connectivity index is 1.78. The molecule has 0 saturated carbocycles. The number of rotatable bonds is 6. The molecule has 4 nitrogen and oxygen atoms in total.